The largest absolute Gasteiger partial charge is 0.310 e. The third-order valence-corrected chi connectivity index (χ3v) is 3.74. The van der Waals surface area contributed by atoms with Gasteiger partial charge in [-0.3, -0.25) is 18.9 Å². The molecule has 0 spiro atoms. The van der Waals surface area contributed by atoms with Crippen LogP contribution in [0.2, 0.25) is 5.02 Å². The zero-order valence-electron chi connectivity index (χ0n) is 10.0. The lowest BCUT2D eigenvalue weighted by molar-refractivity contribution is 0.686. The topological polar surface area (TPSA) is 82.8 Å². The summed E-state index contributed by atoms with van der Waals surface area (Å²) >= 11 is 6.21. The van der Waals surface area contributed by atoms with Crippen LogP contribution in [0.3, 0.4) is 0 Å². The van der Waals surface area contributed by atoms with Crippen LogP contribution in [0.15, 0.2) is 34.0 Å². The van der Waals surface area contributed by atoms with Crippen molar-refractivity contribution in [1.82, 2.24) is 10.2 Å². The maximum Gasteiger partial charge on any atom is 0.310 e. The smallest absolute Gasteiger partial charge is 0.305 e. The number of hydrogen-bond donors (Lipinski definition) is 2. The number of aromatic amines is 2. The van der Waals surface area contributed by atoms with Crippen LogP contribution in [0.4, 0.5) is 0 Å². The molecule has 19 heavy (non-hydrogen) atoms. The summed E-state index contributed by atoms with van der Waals surface area (Å²) in [4.78, 5) is 23.1. The van der Waals surface area contributed by atoms with Crippen LogP contribution in [-0.4, -0.2) is 20.7 Å². The zero-order valence-corrected chi connectivity index (χ0v) is 11.6. The molecule has 2 rings (SSSR count). The van der Waals surface area contributed by atoms with Gasteiger partial charge in [0.05, 0.1) is 10.6 Å². The van der Waals surface area contributed by atoms with Crippen molar-refractivity contribution in [3.05, 3.63) is 55.6 Å². The Morgan fingerprint density at radius 2 is 2.00 bits per heavy atom. The number of hydrogen-bond acceptors (Lipinski definition) is 3. The molecule has 0 aliphatic heterocycles. The maximum atomic E-state index is 11.8. The summed E-state index contributed by atoms with van der Waals surface area (Å²) in [6.07, 6.45) is 2.96. The van der Waals surface area contributed by atoms with E-state index in [-0.39, 0.29) is 5.56 Å². The number of halogens is 1. The van der Waals surface area contributed by atoms with Crippen LogP contribution >= 0.6 is 11.6 Å². The molecule has 1 aromatic carbocycles. The van der Waals surface area contributed by atoms with Crippen molar-refractivity contribution in [1.29, 1.82) is 0 Å². The van der Waals surface area contributed by atoms with Crippen molar-refractivity contribution in [3.8, 4) is 11.1 Å². The first-order valence-electron chi connectivity index (χ1n) is 5.39. The first-order valence-corrected chi connectivity index (χ1v) is 7.49. The second kappa shape index (κ2) is 5.54. The van der Waals surface area contributed by atoms with Gasteiger partial charge in [0.15, 0.2) is 0 Å². The molecular weight excluding hydrogens is 288 g/mol. The van der Waals surface area contributed by atoms with Crippen LogP contribution in [0.5, 0.6) is 0 Å². The summed E-state index contributed by atoms with van der Waals surface area (Å²) in [7, 11) is -1.04. The fraction of sp³-hybridized carbons (Fsp3) is 0.167. The van der Waals surface area contributed by atoms with Crippen molar-refractivity contribution >= 4 is 22.4 Å². The highest BCUT2D eigenvalue weighted by Gasteiger charge is 2.13. The predicted octanol–water partition coefficient (Wildman–Crippen LogP) is 1.26. The molecule has 0 saturated heterocycles. The molecule has 0 bridgehead atoms. The highest BCUT2D eigenvalue weighted by Crippen LogP contribution is 2.28. The molecule has 5 nitrogen and oxygen atoms in total. The van der Waals surface area contributed by atoms with Crippen molar-refractivity contribution in [2.45, 2.75) is 5.75 Å². The zero-order chi connectivity index (χ0) is 14.0. The Morgan fingerprint density at radius 1 is 1.26 bits per heavy atom. The molecule has 7 heteroatoms. The summed E-state index contributed by atoms with van der Waals surface area (Å²) in [5.74, 6) is 0.299. The SMILES string of the molecule is C[S@@](=O)Cc1cccc(-c2c[nH][nH]c(=O)c2=O)c1Cl. The van der Waals surface area contributed by atoms with Crippen LogP contribution in [0.25, 0.3) is 11.1 Å². The van der Waals surface area contributed by atoms with E-state index in [4.69, 9.17) is 11.6 Å². The van der Waals surface area contributed by atoms with Crippen molar-refractivity contribution in [3.63, 3.8) is 0 Å². The van der Waals surface area contributed by atoms with E-state index in [0.717, 1.165) is 0 Å². The second-order valence-electron chi connectivity index (χ2n) is 3.98. The van der Waals surface area contributed by atoms with E-state index in [1.54, 1.807) is 24.5 Å². The molecule has 0 aliphatic carbocycles. The standard InChI is InChI=1S/C12H11ClN2O3S/c1-19(18)6-7-3-2-4-8(10(7)13)9-5-14-15-12(17)11(9)16/h2-5H,6H2,1H3,(H,14,16)(H,15,17)/t19-/m1/s1. The van der Waals surface area contributed by atoms with Gasteiger partial charge in [0.2, 0.25) is 0 Å². The van der Waals surface area contributed by atoms with Crippen LogP contribution in [0.1, 0.15) is 5.56 Å². The van der Waals surface area contributed by atoms with Gasteiger partial charge in [0, 0.05) is 34.6 Å². The van der Waals surface area contributed by atoms with Gasteiger partial charge >= 0.3 is 5.56 Å². The van der Waals surface area contributed by atoms with Gasteiger partial charge in [0.1, 0.15) is 0 Å². The monoisotopic (exact) mass is 298 g/mol. The highest BCUT2D eigenvalue weighted by atomic mass is 35.5. The quantitative estimate of drug-likeness (QED) is 0.837. The molecule has 1 aromatic heterocycles. The van der Waals surface area contributed by atoms with E-state index in [2.05, 4.69) is 10.2 Å². The van der Waals surface area contributed by atoms with Crippen LogP contribution in [0, 0.1) is 0 Å². The van der Waals surface area contributed by atoms with E-state index in [1.165, 1.54) is 6.20 Å². The summed E-state index contributed by atoms with van der Waals surface area (Å²) < 4.78 is 11.3. The molecule has 0 aliphatic rings. The van der Waals surface area contributed by atoms with Crippen LogP contribution < -0.4 is 11.0 Å². The molecule has 1 heterocycles. The molecule has 0 radical (unpaired) electrons. The Labute approximate surface area is 116 Å². The summed E-state index contributed by atoms with van der Waals surface area (Å²) in [5.41, 5.74) is -0.0670. The Bertz CT molecular complexity index is 751. The Balaban J connectivity index is 2.64. The number of nitrogens with one attached hydrogen (secondary N) is 2. The predicted molar refractivity (Wildman–Crippen MR) is 75.9 cm³/mol. The lowest BCUT2D eigenvalue weighted by Gasteiger charge is -2.07. The third-order valence-electron chi connectivity index (χ3n) is 2.58. The Hall–Kier alpha value is -1.66. The van der Waals surface area contributed by atoms with Crippen molar-refractivity contribution in [2.75, 3.05) is 6.26 Å². The van der Waals surface area contributed by atoms with Gasteiger partial charge in [0.25, 0.3) is 5.43 Å². The van der Waals surface area contributed by atoms with E-state index in [0.29, 0.717) is 21.9 Å². The first kappa shape index (κ1) is 13.8. The molecule has 1 atom stereocenters. The third kappa shape index (κ3) is 2.85. The molecule has 0 saturated carbocycles. The normalized spacial score (nSPS) is 12.3. The minimum Gasteiger partial charge on any atom is -0.305 e. The number of benzene rings is 1. The lowest BCUT2D eigenvalue weighted by atomic mass is 10.1. The van der Waals surface area contributed by atoms with E-state index < -0.39 is 21.8 Å². The second-order valence-corrected chi connectivity index (χ2v) is 5.79. The minimum atomic E-state index is -1.04. The molecule has 0 amide bonds. The van der Waals surface area contributed by atoms with Crippen molar-refractivity contribution in [2.24, 2.45) is 0 Å². The van der Waals surface area contributed by atoms with Gasteiger partial charge in [-0.1, -0.05) is 29.8 Å². The number of H-pyrrole nitrogens is 2. The van der Waals surface area contributed by atoms with Crippen LogP contribution in [-0.2, 0) is 16.6 Å². The van der Waals surface area contributed by atoms with Crippen molar-refractivity contribution < 1.29 is 4.21 Å². The van der Waals surface area contributed by atoms with Gasteiger partial charge in [-0.15, -0.1) is 0 Å². The molecule has 2 aromatic rings. The average Bonchev–Trinajstić information content (AvgIpc) is 2.35. The minimum absolute atomic E-state index is 0.192. The Morgan fingerprint density at radius 3 is 2.68 bits per heavy atom. The molecule has 100 valence electrons. The summed E-state index contributed by atoms with van der Waals surface area (Å²) in [6, 6.07) is 5.10. The van der Waals surface area contributed by atoms with Gasteiger partial charge in [-0.25, -0.2) is 0 Å². The van der Waals surface area contributed by atoms with E-state index >= 15 is 0 Å². The highest BCUT2D eigenvalue weighted by molar-refractivity contribution is 7.83. The van der Waals surface area contributed by atoms with E-state index in [1.807, 2.05) is 0 Å². The number of aromatic nitrogens is 2. The lowest BCUT2D eigenvalue weighted by Crippen LogP contribution is -2.28. The molecule has 0 unspecified atom stereocenters. The molecule has 2 N–H and O–H groups in total. The fourth-order valence-corrected chi connectivity index (χ4v) is 2.79. The van der Waals surface area contributed by atoms with Gasteiger partial charge in [-0.2, -0.15) is 0 Å². The molecule has 0 fully saturated rings. The average molecular weight is 299 g/mol. The van der Waals surface area contributed by atoms with E-state index in [9.17, 15) is 13.8 Å². The summed E-state index contributed by atoms with van der Waals surface area (Å²) in [6.45, 7) is 0. The van der Waals surface area contributed by atoms with Gasteiger partial charge < -0.3 is 5.10 Å². The number of rotatable bonds is 3. The summed E-state index contributed by atoms with van der Waals surface area (Å²) in [5, 5.41) is 5.03. The fourth-order valence-electron chi connectivity index (χ4n) is 1.74. The molecular formula is C12H11ClN2O3S. The first-order chi connectivity index (χ1) is 9.00. The van der Waals surface area contributed by atoms with Gasteiger partial charge in [-0.05, 0) is 5.56 Å². The Kier molecular flexibility index (Phi) is 4.01. The maximum absolute atomic E-state index is 11.8.